The Hall–Kier alpha value is -0.840. The summed E-state index contributed by atoms with van der Waals surface area (Å²) >= 11 is 5.73. The molecule has 1 rings (SSSR count). The van der Waals surface area contributed by atoms with Crippen molar-refractivity contribution in [1.82, 2.24) is 0 Å². The molecule has 6 heteroatoms. The number of rotatable bonds is 2. The molecule has 0 unspecified atom stereocenters. The summed E-state index contributed by atoms with van der Waals surface area (Å²) < 4.78 is 0. The highest BCUT2D eigenvalue weighted by Crippen LogP contribution is 2.34. The van der Waals surface area contributed by atoms with Crippen molar-refractivity contribution in [1.29, 1.82) is 0 Å². The van der Waals surface area contributed by atoms with Gasteiger partial charge < -0.3 is 5.73 Å². The number of nitrogens with two attached hydrogens (primary N) is 1. The van der Waals surface area contributed by atoms with Crippen LogP contribution in [-0.4, -0.2) is 4.92 Å². The third-order valence-electron chi connectivity index (χ3n) is 2.46. The van der Waals surface area contributed by atoms with Gasteiger partial charge in [-0.25, -0.2) is 0 Å². The van der Waals surface area contributed by atoms with E-state index in [-0.39, 0.29) is 34.6 Å². The largest absolute Gasteiger partial charge is 0.324 e. The highest BCUT2D eigenvalue weighted by molar-refractivity contribution is 6.32. The monoisotopic (exact) mass is 278 g/mol. The average Bonchev–Trinajstić information content (AvgIpc) is 2.15. The number of nitrogens with zero attached hydrogens (tertiary/aromatic N) is 1. The molecule has 0 spiro atoms. The normalized spacial score (nSPS) is 12.8. The number of hydrogen-bond donors (Lipinski definition) is 1. The van der Waals surface area contributed by atoms with E-state index in [4.69, 9.17) is 17.3 Å². The molecule has 0 saturated heterocycles. The molecule has 0 aromatic heterocycles. The molecule has 17 heavy (non-hydrogen) atoms. The van der Waals surface area contributed by atoms with Crippen LogP contribution < -0.4 is 5.73 Å². The van der Waals surface area contributed by atoms with Crippen molar-refractivity contribution in [2.45, 2.75) is 26.8 Å². The van der Waals surface area contributed by atoms with Crippen molar-refractivity contribution >= 4 is 29.7 Å². The summed E-state index contributed by atoms with van der Waals surface area (Å²) in [4.78, 5) is 10.2. The third-order valence-corrected chi connectivity index (χ3v) is 2.78. The second kappa shape index (κ2) is 5.67. The SMILES string of the molecule is CC(C)(C)[C@@H](N)c1ccc(Cl)c([N+](=O)[O-])c1.Cl. The Balaban J connectivity index is 0.00000256. The lowest BCUT2D eigenvalue weighted by atomic mass is 9.83. The molecule has 2 N–H and O–H groups in total. The first-order valence-electron chi connectivity index (χ1n) is 4.93. The highest BCUT2D eigenvalue weighted by Gasteiger charge is 2.24. The zero-order valence-corrected chi connectivity index (χ0v) is 11.5. The standard InChI is InChI=1S/C11H15ClN2O2.ClH/c1-11(2,3)10(13)7-4-5-8(12)9(6-7)14(15)16;/h4-6,10H,13H2,1-3H3;1H/t10-;/m0./s1. The van der Waals surface area contributed by atoms with Crippen molar-refractivity contribution in [2.24, 2.45) is 11.1 Å². The lowest BCUT2D eigenvalue weighted by Gasteiger charge is -2.27. The van der Waals surface area contributed by atoms with Crippen LogP contribution in [0, 0.1) is 15.5 Å². The summed E-state index contributed by atoms with van der Waals surface area (Å²) in [6.07, 6.45) is 0. The fourth-order valence-electron chi connectivity index (χ4n) is 1.36. The Morgan fingerprint density at radius 2 is 1.94 bits per heavy atom. The fraction of sp³-hybridized carbons (Fsp3) is 0.455. The van der Waals surface area contributed by atoms with Crippen LogP contribution >= 0.6 is 24.0 Å². The molecule has 4 nitrogen and oxygen atoms in total. The quantitative estimate of drug-likeness (QED) is 0.662. The van der Waals surface area contributed by atoms with Crippen LogP contribution in [0.15, 0.2) is 18.2 Å². The van der Waals surface area contributed by atoms with Crippen LogP contribution in [0.25, 0.3) is 0 Å². The van der Waals surface area contributed by atoms with Crippen molar-refractivity contribution in [2.75, 3.05) is 0 Å². The summed E-state index contributed by atoms with van der Waals surface area (Å²) in [6, 6.07) is 4.42. The number of hydrogen-bond acceptors (Lipinski definition) is 3. The summed E-state index contributed by atoms with van der Waals surface area (Å²) in [5.41, 5.74) is 6.50. The Labute approximate surface area is 112 Å². The van der Waals surface area contributed by atoms with Crippen molar-refractivity contribution < 1.29 is 4.92 Å². The molecular weight excluding hydrogens is 263 g/mol. The maximum Gasteiger partial charge on any atom is 0.288 e. The predicted octanol–water partition coefficient (Wildman–Crippen LogP) is 3.72. The summed E-state index contributed by atoms with van der Waals surface area (Å²) in [7, 11) is 0. The smallest absolute Gasteiger partial charge is 0.288 e. The van der Waals surface area contributed by atoms with Gasteiger partial charge in [0.05, 0.1) is 4.92 Å². The number of nitro groups is 1. The third kappa shape index (κ3) is 3.84. The van der Waals surface area contributed by atoms with E-state index in [1.165, 1.54) is 12.1 Å². The van der Waals surface area contributed by atoms with E-state index in [9.17, 15) is 10.1 Å². The fourth-order valence-corrected chi connectivity index (χ4v) is 1.55. The van der Waals surface area contributed by atoms with Gasteiger partial charge in [0, 0.05) is 12.1 Å². The summed E-state index contributed by atoms with van der Waals surface area (Å²) in [5.74, 6) is 0. The van der Waals surface area contributed by atoms with Gasteiger partial charge in [0.15, 0.2) is 0 Å². The van der Waals surface area contributed by atoms with E-state index in [2.05, 4.69) is 0 Å². The molecule has 0 bridgehead atoms. The van der Waals surface area contributed by atoms with Crippen LogP contribution in [0.5, 0.6) is 0 Å². The molecule has 1 atom stereocenters. The van der Waals surface area contributed by atoms with Crippen molar-refractivity contribution in [3.63, 3.8) is 0 Å². The average molecular weight is 279 g/mol. The van der Waals surface area contributed by atoms with Gasteiger partial charge in [-0.05, 0) is 17.0 Å². The van der Waals surface area contributed by atoms with E-state index in [0.717, 1.165) is 5.56 Å². The van der Waals surface area contributed by atoms with E-state index in [1.54, 1.807) is 6.07 Å². The maximum atomic E-state index is 10.7. The van der Waals surface area contributed by atoms with E-state index >= 15 is 0 Å². The number of halogens is 2. The van der Waals surface area contributed by atoms with Gasteiger partial charge in [-0.3, -0.25) is 10.1 Å². The molecule has 0 radical (unpaired) electrons. The zero-order chi connectivity index (χ0) is 12.5. The van der Waals surface area contributed by atoms with Gasteiger partial charge in [0.1, 0.15) is 5.02 Å². The zero-order valence-electron chi connectivity index (χ0n) is 9.94. The minimum atomic E-state index is -0.499. The maximum absolute atomic E-state index is 10.7. The van der Waals surface area contributed by atoms with Gasteiger partial charge in [0.2, 0.25) is 0 Å². The molecule has 96 valence electrons. The molecule has 0 heterocycles. The molecule has 0 aliphatic rings. The number of nitro benzene ring substituents is 1. The highest BCUT2D eigenvalue weighted by atomic mass is 35.5. The Bertz CT molecular complexity index is 416. The van der Waals surface area contributed by atoms with Gasteiger partial charge in [-0.2, -0.15) is 0 Å². The van der Waals surface area contributed by atoms with Gasteiger partial charge in [-0.15, -0.1) is 12.4 Å². The first-order valence-corrected chi connectivity index (χ1v) is 5.30. The van der Waals surface area contributed by atoms with Crippen LogP contribution in [0.4, 0.5) is 5.69 Å². The number of benzene rings is 1. The second-order valence-corrected chi connectivity index (χ2v) is 5.22. The Morgan fingerprint density at radius 1 is 1.41 bits per heavy atom. The molecule has 1 aromatic carbocycles. The molecule has 1 aromatic rings. The van der Waals surface area contributed by atoms with E-state index in [1.807, 2.05) is 20.8 Å². The molecule has 0 saturated carbocycles. The first-order chi connectivity index (χ1) is 7.23. The Kier molecular flexibility index (Phi) is 5.39. The van der Waals surface area contributed by atoms with E-state index in [0.29, 0.717) is 0 Å². The Morgan fingerprint density at radius 3 is 2.35 bits per heavy atom. The van der Waals surface area contributed by atoms with Crippen LogP contribution in [0.2, 0.25) is 5.02 Å². The summed E-state index contributed by atoms with van der Waals surface area (Å²) in [6.45, 7) is 5.95. The van der Waals surface area contributed by atoms with Crippen molar-refractivity contribution in [3.05, 3.63) is 38.9 Å². The van der Waals surface area contributed by atoms with Crippen molar-refractivity contribution in [3.8, 4) is 0 Å². The lowest BCUT2D eigenvalue weighted by Crippen LogP contribution is -2.26. The van der Waals surface area contributed by atoms with Gasteiger partial charge >= 0.3 is 0 Å². The molecule has 0 aliphatic carbocycles. The van der Waals surface area contributed by atoms with Gasteiger partial charge in [0.25, 0.3) is 5.69 Å². The van der Waals surface area contributed by atoms with Crippen LogP contribution in [0.3, 0.4) is 0 Å². The summed E-state index contributed by atoms with van der Waals surface area (Å²) in [5, 5.41) is 10.9. The first kappa shape index (κ1) is 16.2. The van der Waals surface area contributed by atoms with Gasteiger partial charge in [-0.1, -0.05) is 38.4 Å². The van der Waals surface area contributed by atoms with Crippen LogP contribution in [-0.2, 0) is 0 Å². The van der Waals surface area contributed by atoms with E-state index < -0.39 is 4.92 Å². The molecule has 0 fully saturated rings. The minimum absolute atomic E-state index is 0. The molecule has 0 amide bonds. The topological polar surface area (TPSA) is 69.2 Å². The molecular formula is C11H16Cl2N2O2. The molecule has 0 aliphatic heterocycles. The lowest BCUT2D eigenvalue weighted by molar-refractivity contribution is -0.384. The predicted molar refractivity (Wildman–Crippen MR) is 71.7 cm³/mol. The van der Waals surface area contributed by atoms with Crippen LogP contribution in [0.1, 0.15) is 32.4 Å². The minimum Gasteiger partial charge on any atom is -0.324 e. The second-order valence-electron chi connectivity index (χ2n) is 4.81.